The molecule has 0 bridgehead atoms. The van der Waals surface area contributed by atoms with Crippen molar-refractivity contribution in [1.29, 1.82) is 0 Å². The Labute approximate surface area is 193 Å². The van der Waals surface area contributed by atoms with Crippen LogP contribution in [0.4, 0.5) is 0 Å². The van der Waals surface area contributed by atoms with Crippen LogP contribution in [0.2, 0.25) is 0 Å². The summed E-state index contributed by atoms with van der Waals surface area (Å²) < 4.78 is 18.4. The lowest BCUT2D eigenvalue weighted by atomic mass is 9.99. The summed E-state index contributed by atoms with van der Waals surface area (Å²) in [6.07, 6.45) is -2.97. The minimum absolute atomic E-state index is 0.256. The van der Waals surface area contributed by atoms with Crippen LogP contribution in [0.5, 0.6) is 0 Å². The Morgan fingerprint density at radius 1 is 0.719 bits per heavy atom. The second kappa shape index (κ2) is 11.6. The molecule has 0 unspecified atom stereocenters. The molecule has 5 atom stereocenters. The molecule has 0 aromatic heterocycles. The van der Waals surface area contributed by atoms with E-state index in [-0.39, 0.29) is 6.61 Å². The lowest BCUT2D eigenvalue weighted by Gasteiger charge is -2.43. The zero-order valence-corrected chi connectivity index (χ0v) is 18.5. The van der Waals surface area contributed by atoms with E-state index in [1.807, 2.05) is 91.0 Å². The minimum Gasteiger partial charge on any atom is -0.394 e. The highest BCUT2D eigenvalue weighted by Gasteiger charge is 2.46. The van der Waals surface area contributed by atoms with Crippen molar-refractivity contribution in [2.45, 2.75) is 48.0 Å². The molecular weight excluding hydrogens is 424 g/mol. The van der Waals surface area contributed by atoms with Gasteiger partial charge in [-0.25, -0.2) is 0 Å². The number of hydrogen-bond donors (Lipinski definition) is 2. The van der Waals surface area contributed by atoms with Gasteiger partial charge in [-0.1, -0.05) is 90.6 Å². The molecule has 0 radical (unpaired) electrons. The predicted molar refractivity (Wildman–Crippen MR) is 124 cm³/mol. The normalized spacial score (nSPS) is 25.5. The molecule has 0 aliphatic carbocycles. The third-order valence-corrected chi connectivity index (χ3v) is 6.52. The topological polar surface area (TPSA) is 68.2 Å². The van der Waals surface area contributed by atoms with E-state index in [9.17, 15) is 10.2 Å². The van der Waals surface area contributed by atoms with Gasteiger partial charge >= 0.3 is 0 Å². The molecule has 168 valence electrons. The summed E-state index contributed by atoms with van der Waals surface area (Å²) in [5.41, 5.74) is 1.50. The summed E-state index contributed by atoms with van der Waals surface area (Å²) in [7, 11) is 0. The number of hydrogen-bond acceptors (Lipinski definition) is 6. The van der Waals surface area contributed by atoms with Gasteiger partial charge in [0.15, 0.2) is 0 Å². The van der Waals surface area contributed by atoms with E-state index in [0.717, 1.165) is 16.0 Å². The second-order valence-electron chi connectivity index (χ2n) is 7.67. The number of thioether (sulfide) groups is 1. The fourth-order valence-electron chi connectivity index (χ4n) is 3.69. The number of aliphatic hydroxyl groups excluding tert-OH is 2. The van der Waals surface area contributed by atoms with Crippen LogP contribution in [0.3, 0.4) is 0 Å². The maximum atomic E-state index is 11.3. The van der Waals surface area contributed by atoms with E-state index >= 15 is 0 Å². The first-order chi connectivity index (χ1) is 15.7. The Balaban J connectivity index is 1.51. The van der Waals surface area contributed by atoms with Crippen molar-refractivity contribution in [3.8, 4) is 0 Å². The average molecular weight is 453 g/mol. The zero-order chi connectivity index (χ0) is 22.2. The first-order valence-electron chi connectivity index (χ1n) is 10.7. The van der Waals surface area contributed by atoms with Crippen LogP contribution in [-0.2, 0) is 27.4 Å². The average Bonchev–Trinajstić information content (AvgIpc) is 2.85. The Morgan fingerprint density at radius 3 is 1.75 bits per heavy atom. The second-order valence-corrected chi connectivity index (χ2v) is 8.84. The fraction of sp³-hybridized carbons (Fsp3) is 0.308. The highest BCUT2D eigenvalue weighted by molar-refractivity contribution is 7.99. The Hall–Kier alpha value is -2.19. The van der Waals surface area contributed by atoms with Crippen molar-refractivity contribution in [3.05, 3.63) is 102 Å². The van der Waals surface area contributed by atoms with E-state index in [4.69, 9.17) is 14.2 Å². The molecule has 1 saturated heterocycles. The van der Waals surface area contributed by atoms with Gasteiger partial charge in [-0.05, 0) is 23.3 Å². The summed E-state index contributed by atoms with van der Waals surface area (Å²) in [6, 6.07) is 29.4. The molecule has 3 aromatic rings. The molecule has 4 rings (SSSR count). The molecule has 6 heteroatoms. The van der Waals surface area contributed by atoms with Gasteiger partial charge in [-0.3, -0.25) is 0 Å². The first kappa shape index (κ1) is 23.0. The van der Waals surface area contributed by atoms with Crippen LogP contribution in [0.1, 0.15) is 11.1 Å². The van der Waals surface area contributed by atoms with Gasteiger partial charge in [0.25, 0.3) is 0 Å². The van der Waals surface area contributed by atoms with Gasteiger partial charge in [0.2, 0.25) is 0 Å². The molecule has 3 aromatic carbocycles. The third kappa shape index (κ3) is 5.98. The molecule has 1 fully saturated rings. The van der Waals surface area contributed by atoms with Crippen molar-refractivity contribution in [1.82, 2.24) is 0 Å². The van der Waals surface area contributed by atoms with Crippen LogP contribution in [0, 0.1) is 0 Å². The number of rotatable bonds is 9. The smallest absolute Gasteiger partial charge is 0.137 e. The maximum absolute atomic E-state index is 11.3. The van der Waals surface area contributed by atoms with Crippen LogP contribution in [0.15, 0.2) is 95.9 Å². The fourth-order valence-corrected chi connectivity index (χ4v) is 4.84. The van der Waals surface area contributed by atoms with E-state index in [0.29, 0.717) is 13.2 Å². The number of aliphatic hydroxyl groups is 2. The van der Waals surface area contributed by atoms with Gasteiger partial charge in [0.05, 0.1) is 19.8 Å². The van der Waals surface area contributed by atoms with Crippen molar-refractivity contribution >= 4 is 11.8 Å². The molecule has 5 nitrogen and oxygen atoms in total. The zero-order valence-electron chi connectivity index (χ0n) is 17.7. The number of ether oxygens (including phenoxy) is 3. The van der Waals surface area contributed by atoms with E-state index in [1.54, 1.807) is 0 Å². The maximum Gasteiger partial charge on any atom is 0.137 e. The quantitative estimate of drug-likeness (QED) is 0.511. The van der Waals surface area contributed by atoms with Gasteiger partial charge in [-0.15, -0.1) is 0 Å². The Bertz CT molecular complexity index is 925. The van der Waals surface area contributed by atoms with Gasteiger partial charge in [0.1, 0.15) is 29.9 Å². The molecule has 0 saturated carbocycles. The summed E-state index contributed by atoms with van der Waals surface area (Å²) in [5.74, 6) is 0. The molecule has 1 aliphatic heterocycles. The first-order valence-corrected chi connectivity index (χ1v) is 11.6. The van der Waals surface area contributed by atoms with Gasteiger partial charge < -0.3 is 24.4 Å². The Morgan fingerprint density at radius 2 is 1.22 bits per heavy atom. The summed E-state index contributed by atoms with van der Waals surface area (Å²) in [4.78, 5) is 0.998. The lowest BCUT2D eigenvalue weighted by molar-refractivity contribution is -0.237. The van der Waals surface area contributed by atoms with Crippen LogP contribution >= 0.6 is 11.8 Å². The van der Waals surface area contributed by atoms with Gasteiger partial charge in [0, 0.05) is 4.90 Å². The molecule has 0 amide bonds. The SMILES string of the molecule is OC[C@H]1O[C@H](Sc2ccccc2)[C@@H](OCc2ccccc2)[C@@H](O)[C@@H]1OCc1ccccc1. The molecule has 0 spiro atoms. The van der Waals surface area contributed by atoms with Crippen molar-refractivity contribution in [2.24, 2.45) is 0 Å². The minimum atomic E-state index is -0.963. The largest absolute Gasteiger partial charge is 0.394 e. The van der Waals surface area contributed by atoms with Crippen molar-refractivity contribution < 1.29 is 24.4 Å². The third-order valence-electron chi connectivity index (χ3n) is 5.36. The van der Waals surface area contributed by atoms with E-state index in [1.165, 1.54) is 11.8 Å². The highest BCUT2D eigenvalue weighted by atomic mass is 32.2. The van der Waals surface area contributed by atoms with Crippen molar-refractivity contribution in [3.63, 3.8) is 0 Å². The van der Waals surface area contributed by atoms with Crippen LogP contribution < -0.4 is 0 Å². The van der Waals surface area contributed by atoms with Gasteiger partial charge in [-0.2, -0.15) is 0 Å². The summed E-state index contributed by atoms with van der Waals surface area (Å²) in [6.45, 7) is 0.394. The predicted octanol–water partition coefficient (Wildman–Crippen LogP) is 4.03. The molecule has 1 heterocycles. The molecule has 1 aliphatic rings. The monoisotopic (exact) mass is 452 g/mol. The summed E-state index contributed by atoms with van der Waals surface area (Å²) in [5, 5.41) is 21.3. The molecule has 32 heavy (non-hydrogen) atoms. The lowest BCUT2D eigenvalue weighted by Crippen LogP contribution is -2.59. The van der Waals surface area contributed by atoms with Crippen molar-refractivity contribution in [2.75, 3.05) is 6.61 Å². The van der Waals surface area contributed by atoms with E-state index in [2.05, 4.69) is 0 Å². The molecular formula is C26H28O5S. The number of benzene rings is 3. The standard InChI is InChI=1S/C26H28O5S/c27-16-22-24(29-17-19-10-4-1-5-11-19)23(28)25(30-18-20-12-6-2-7-13-20)26(31-22)32-21-14-8-3-9-15-21/h1-15,22-28H,16-18H2/t22-,23+,24-,25+,26-/m1/s1. The van der Waals surface area contributed by atoms with E-state index < -0.39 is 29.9 Å². The van der Waals surface area contributed by atoms with Crippen LogP contribution in [-0.4, -0.2) is 46.7 Å². The summed E-state index contributed by atoms with van der Waals surface area (Å²) >= 11 is 1.47. The van der Waals surface area contributed by atoms with Crippen LogP contribution in [0.25, 0.3) is 0 Å². The molecule has 2 N–H and O–H groups in total. The highest BCUT2D eigenvalue weighted by Crippen LogP contribution is 2.36. The Kier molecular flexibility index (Phi) is 8.34.